The first kappa shape index (κ1) is 15.0. The topological polar surface area (TPSA) is 51.8 Å². The first-order valence-electron chi connectivity index (χ1n) is 6.73. The molecule has 2 rings (SSSR count). The molecular weight excluding hydrogens is 266 g/mol. The Labute approximate surface area is 125 Å². The molecule has 0 amide bonds. The number of aryl methyl sites for hydroxylation is 4. The molecular formula is C16H21N3S. The maximum atomic E-state index is 6.28. The van der Waals surface area contributed by atoms with Gasteiger partial charge in [-0.15, -0.1) is 0 Å². The van der Waals surface area contributed by atoms with E-state index in [1.165, 1.54) is 16.7 Å². The van der Waals surface area contributed by atoms with Crippen molar-refractivity contribution in [1.82, 2.24) is 9.97 Å². The Morgan fingerprint density at radius 3 is 2.05 bits per heavy atom. The van der Waals surface area contributed by atoms with Crippen LogP contribution in [0.5, 0.6) is 0 Å². The Morgan fingerprint density at radius 1 is 0.950 bits per heavy atom. The summed E-state index contributed by atoms with van der Waals surface area (Å²) in [5, 5.41) is 0.808. The van der Waals surface area contributed by atoms with Gasteiger partial charge in [-0.3, -0.25) is 0 Å². The van der Waals surface area contributed by atoms with Crippen LogP contribution < -0.4 is 5.73 Å². The lowest BCUT2D eigenvalue weighted by atomic mass is 10.0. The molecule has 1 aromatic carbocycles. The summed E-state index contributed by atoms with van der Waals surface area (Å²) in [5.74, 6) is 0.784. The molecule has 20 heavy (non-hydrogen) atoms. The fourth-order valence-electron chi connectivity index (χ4n) is 2.24. The lowest BCUT2D eigenvalue weighted by Gasteiger charge is -2.13. The number of benzene rings is 1. The van der Waals surface area contributed by atoms with Crippen LogP contribution in [0.25, 0.3) is 0 Å². The molecule has 2 N–H and O–H groups in total. The maximum absolute atomic E-state index is 6.28. The SMILES string of the molecule is Cc1cc(C)cc(C(N)CSc2nc(C)cc(C)n2)c1. The van der Waals surface area contributed by atoms with Crippen LogP contribution in [0.2, 0.25) is 0 Å². The maximum Gasteiger partial charge on any atom is 0.188 e. The number of thioether (sulfide) groups is 1. The highest BCUT2D eigenvalue weighted by molar-refractivity contribution is 7.99. The van der Waals surface area contributed by atoms with E-state index in [-0.39, 0.29) is 6.04 Å². The van der Waals surface area contributed by atoms with Crippen LogP contribution in [0.3, 0.4) is 0 Å². The van der Waals surface area contributed by atoms with Crippen LogP contribution in [-0.2, 0) is 0 Å². The number of nitrogens with zero attached hydrogens (tertiary/aromatic N) is 2. The average Bonchev–Trinajstić information content (AvgIpc) is 2.33. The zero-order valence-corrected chi connectivity index (χ0v) is 13.3. The number of nitrogens with two attached hydrogens (primary N) is 1. The van der Waals surface area contributed by atoms with Gasteiger partial charge < -0.3 is 5.73 Å². The zero-order chi connectivity index (χ0) is 14.7. The summed E-state index contributed by atoms with van der Waals surface area (Å²) >= 11 is 1.62. The highest BCUT2D eigenvalue weighted by Crippen LogP contribution is 2.22. The van der Waals surface area contributed by atoms with Gasteiger partial charge >= 0.3 is 0 Å². The molecule has 0 aliphatic rings. The van der Waals surface area contributed by atoms with Gasteiger partial charge in [-0.25, -0.2) is 9.97 Å². The zero-order valence-electron chi connectivity index (χ0n) is 12.5. The van der Waals surface area contributed by atoms with Crippen molar-refractivity contribution in [2.45, 2.75) is 38.9 Å². The molecule has 1 atom stereocenters. The Hall–Kier alpha value is -1.39. The van der Waals surface area contributed by atoms with Crippen LogP contribution in [0.1, 0.15) is 34.1 Å². The fraction of sp³-hybridized carbons (Fsp3) is 0.375. The Bertz CT molecular complexity index is 570. The fourth-order valence-corrected chi connectivity index (χ4v) is 3.18. The minimum atomic E-state index is 0.00279. The van der Waals surface area contributed by atoms with Crippen molar-refractivity contribution >= 4 is 11.8 Å². The third-order valence-corrected chi connectivity index (χ3v) is 3.99. The summed E-state index contributed by atoms with van der Waals surface area (Å²) in [6.45, 7) is 8.18. The second-order valence-electron chi connectivity index (χ2n) is 5.27. The Morgan fingerprint density at radius 2 is 1.50 bits per heavy atom. The van der Waals surface area contributed by atoms with Crippen LogP contribution in [0, 0.1) is 27.7 Å². The van der Waals surface area contributed by atoms with Gasteiger partial charge in [0.15, 0.2) is 5.16 Å². The highest BCUT2D eigenvalue weighted by Gasteiger charge is 2.09. The van der Waals surface area contributed by atoms with Crippen LogP contribution >= 0.6 is 11.8 Å². The molecule has 1 unspecified atom stereocenters. The molecule has 0 fully saturated rings. The van der Waals surface area contributed by atoms with Gasteiger partial charge in [-0.2, -0.15) is 0 Å². The number of rotatable bonds is 4. The molecule has 2 aromatic rings. The third kappa shape index (κ3) is 4.05. The highest BCUT2D eigenvalue weighted by atomic mass is 32.2. The quantitative estimate of drug-likeness (QED) is 0.690. The lowest BCUT2D eigenvalue weighted by Crippen LogP contribution is -2.13. The summed E-state index contributed by atoms with van der Waals surface area (Å²) in [5.41, 5.74) is 12.0. The molecule has 1 aromatic heterocycles. The number of hydrogen-bond donors (Lipinski definition) is 1. The van der Waals surface area contributed by atoms with Crippen molar-refractivity contribution in [1.29, 1.82) is 0 Å². The molecule has 3 nitrogen and oxygen atoms in total. The molecule has 0 radical (unpaired) electrons. The van der Waals surface area contributed by atoms with Crippen molar-refractivity contribution in [2.75, 3.05) is 5.75 Å². The first-order chi connectivity index (χ1) is 9.44. The van der Waals surface area contributed by atoms with Gasteiger partial charge in [0.1, 0.15) is 0 Å². The lowest BCUT2D eigenvalue weighted by molar-refractivity contribution is 0.820. The van der Waals surface area contributed by atoms with E-state index in [1.807, 2.05) is 19.9 Å². The second-order valence-corrected chi connectivity index (χ2v) is 6.26. The molecule has 0 saturated heterocycles. The minimum Gasteiger partial charge on any atom is -0.323 e. The summed E-state index contributed by atoms with van der Waals surface area (Å²) in [6, 6.07) is 8.45. The monoisotopic (exact) mass is 287 g/mol. The van der Waals surface area contributed by atoms with E-state index in [1.54, 1.807) is 11.8 Å². The Balaban J connectivity index is 2.06. The van der Waals surface area contributed by atoms with Crippen LogP contribution in [0.4, 0.5) is 0 Å². The van der Waals surface area contributed by atoms with E-state index in [0.717, 1.165) is 22.3 Å². The van der Waals surface area contributed by atoms with E-state index in [9.17, 15) is 0 Å². The van der Waals surface area contributed by atoms with Gasteiger partial charge in [0.05, 0.1) is 0 Å². The summed E-state index contributed by atoms with van der Waals surface area (Å²) in [4.78, 5) is 8.86. The first-order valence-corrected chi connectivity index (χ1v) is 7.71. The van der Waals surface area contributed by atoms with Gasteiger partial charge in [0.25, 0.3) is 0 Å². The van der Waals surface area contributed by atoms with Gasteiger partial charge in [0, 0.05) is 23.2 Å². The van der Waals surface area contributed by atoms with Crippen molar-refractivity contribution in [3.63, 3.8) is 0 Å². The van der Waals surface area contributed by atoms with Gasteiger partial charge in [0.2, 0.25) is 0 Å². The van der Waals surface area contributed by atoms with Crippen molar-refractivity contribution in [3.8, 4) is 0 Å². The third-order valence-electron chi connectivity index (χ3n) is 3.03. The van der Waals surface area contributed by atoms with Gasteiger partial charge in [-0.1, -0.05) is 41.1 Å². The molecule has 0 spiro atoms. The average molecular weight is 287 g/mol. The largest absolute Gasteiger partial charge is 0.323 e. The van der Waals surface area contributed by atoms with E-state index in [4.69, 9.17) is 5.73 Å². The molecule has 0 saturated carbocycles. The van der Waals surface area contributed by atoms with Gasteiger partial charge in [-0.05, 0) is 39.3 Å². The predicted octanol–water partition coefficient (Wildman–Crippen LogP) is 3.50. The summed E-state index contributed by atoms with van der Waals surface area (Å²) < 4.78 is 0. The van der Waals surface area contributed by atoms with Crippen molar-refractivity contribution < 1.29 is 0 Å². The van der Waals surface area contributed by atoms with Crippen LogP contribution in [0.15, 0.2) is 29.4 Å². The van der Waals surface area contributed by atoms with E-state index < -0.39 is 0 Å². The minimum absolute atomic E-state index is 0.00279. The summed E-state index contributed by atoms with van der Waals surface area (Å²) in [6.07, 6.45) is 0. The van der Waals surface area contributed by atoms with E-state index in [2.05, 4.69) is 42.0 Å². The molecule has 0 aliphatic heterocycles. The summed E-state index contributed by atoms with van der Waals surface area (Å²) in [7, 11) is 0. The van der Waals surface area contributed by atoms with Crippen molar-refractivity contribution in [3.05, 3.63) is 52.3 Å². The van der Waals surface area contributed by atoms with E-state index in [0.29, 0.717) is 0 Å². The molecule has 0 bridgehead atoms. The second kappa shape index (κ2) is 6.37. The normalized spacial score (nSPS) is 12.4. The smallest absolute Gasteiger partial charge is 0.188 e. The molecule has 106 valence electrons. The molecule has 4 heteroatoms. The van der Waals surface area contributed by atoms with Crippen LogP contribution in [-0.4, -0.2) is 15.7 Å². The Kier molecular flexibility index (Phi) is 4.78. The molecule has 1 heterocycles. The number of hydrogen-bond acceptors (Lipinski definition) is 4. The van der Waals surface area contributed by atoms with Crippen molar-refractivity contribution in [2.24, 2.45) is 5.73 Å². The standard InChI is InChI=1S/C16H21N3S/c1-10-5-11(2)7-14(6-10)15(17)9-20-16-18-12(3)8-13(4)19-16/h5-8,15H,9,17H2,1-4H3. The predicted molar refractivity (Wildman–Crippen MR) is 85.1 cm³/mol. The van der Waals surface area contributed by atoms with E-state index >= 15 is 0 Å². The number of aromatic nitrogens is 2. The molecule has 0 aliphatic carbocycles.